The Morgan fingerprint density at radius 2 is 2.21 bits per heavy atom. The number of hydrogen-bond acceptors (Lipinski definition) is 4. The van der Waals surface area contributed by atoms with Crippen LogP contribution in [-0.4, -0.2) is 36.5 Å². The molecule has 1 atom stereocenters. The van der Waals surface area contributed by atoms with Crippen molar-refractivity contribution in [2.24, 2.45) is 5.92 Å². The Bertz CT molecular complexity index is 208. The second-order valence-electron chi connectivity index (χ2n) is 3.83. The molecule has 1 saturated carbocycles. The van der Waals surface area contributed by atoms with Gasteiger partial charge in [-0.1, -0.05) is 0 Å². The third kappa shape index (κ3) is 2.07. The molecule has 1 aliphatic rings. The Morgan fingerprint density at radius 3 is 2.64 bits per heavy atom. The number of rotatable bonds is 4. The molecule has 1 aliphatic carbocycles. The number of aliphatic hydroxyl groups is 1. The monoisotopic (exact) mass is 202 g/mol. The summed E-state index contributed by atoms with van der Waals surface area (Å²) in [6.07, 6.45) is 1.14. The third-order valence-electron chi connectivity index (χ3n) is 2.93. The zero-order valence-electron chi connectivity index (χ0n) is 8.95. The molecule has 1 fully saturated rings. The summed E-state index contributed by atoms with van der Waals surface area (Å²) < 4.78 is 9.91. The summed E-state index contributed by atoms with van der Waals surface area (Å²) >= 11 is 0. The summed E-state index contributed by atoms with van der Waals surface area (Å²) in [5, 5.41) is 10.00. The van der Waals surface area contributed by atoms with Crippen LogP contribution in [0.3, 0.4) is 0 Å². The van der Waals surface area contributed by atoms with Gasteiger partial charge in [-0.05, 0) is 13.8 Å². The van der Waals surface area contributed by atoms with Gasteiger partial charge in [0.15, 0.2) is 0 Å². The van der Waals surface area contributed by atoms with Crippen LogP contribution in [0.25, 0.3) is 0 Å². The number of methoxy groups -OCH3 is 1. The standard InChI is InChI=1S/C10H18O4/c1-4-14-8-5-10(12,6-8)7(2)9(11)13-3/h7-8,12H,4-6H2,1-3H3. The van der Waals surface area contributed by atoms with E-state index in [1.807, 2.05) is 6.92 Å². The van der Waals surface area contributed by atoms with E-state index in [0.717, 1.165) is 0 Å². The highest BCUT2D eigenvalue weighted by Crippen LogP contribution is 2.40. The molecule has 4 heteroatoms. The van der Waals surface area contributed by atoms with Crippen LogP contribution in [0.4, 0.5) is 0 Å². The quantitative estimate of drug-likeness (QED) is 0.683. The molecule has 0 heterocycles. The first-order valence-corrected chi connectivity index (χ1v) is 4.95. The average Bonchev–Trinajstić information content (AvgIpc) is 2.13. The molecule has 0 aromatic heterocycles. The number of carbonyl (C=O) groups excluding carboxylic acids is 1. The molecule has 0 saturated heterocycles. The molecule has 0 amide bonds. The highest BCUT2D eigenvalue weighted by Gasteiger charge is 2.50. The maximum absolute atomic E-state index is 11.2. The number of hydrogen-bond donors (Lipinski definition) is 1. The lowest BCUT2D eigenvalue weighted by atomic mass is 9.70. The molecule has 0 radical (unpaired) electrons. The second-order valence-corrected chi connectivity index (χ2v) is 3.83. The van der Waals surface area contributed by atoms with Crippen LogP contribution in [0, 0.1) is 5.92 Å². The van der Waals surface area contributed by atoms with Crippen LogP contribution < -0.4 is 0 Å². The number of ether oxygens (including phenoxy) is 2. The van der Waals surface area contributed by atoms with E-state index in [1.54, 1.807) is 6.92 Å². The average molecular weight is 202 g/mol. The van der Waals surface area contributed by atoms with E-state index in [9.17, 15) is 9.90 Å². The van der Waals surface area contributed by atoms with Gasteiger partial charge < -0.3 is 14.6 Å². The summed E-state index contributed by atoms with van der Waals surface area (Å²) in [7, 11) is 1.33. The molecule has 1 unspecified atom stereocenters. The predicted octanol–water partition coefficient (Wildman–Crippen LogP) is 0.726. The fourth-order valence-corrected chi connectivity index (χ4v) is 1.83. The van der Waals surface area contributed by atoms with Crippen molar-refractivity contribution in [3.8, 4) is 0 Å². The van der Waals surface area contributed by atoms with Gasteiger partial charge in [0.05, 0.1) is 24.7 Å². The first-order valence-electron chi connectivity index (χ1n) is 4.95. The molecule has 0 aliphatic heterocycles. The van der Waals surface area contributed by atoms with Gasteiger partial charge in [-0.2, -0.15) is 0 Å². The van der Waals surface area contributed by atoms with Crippen LogP contribution in [0.15, 0.2) is 0 Å². The number of esters is 1. The maximum Gasteiger partial charge on any atom is 0.311 e. The molecule has 1 N–H and O–H groups in total. The molecule has 0 aromatic carbocycles. The Labute approximate surface area is 84.2 Å². The summed E-state index contributed by atoms with van der Waals surface area (Å²) in [5.74, 6) is -0.827. The van der Waals surface area contributed by atoms with E-state index in [4.69, 9.17) is 4.74 Å². The summed E-state index contributed by atoms with van der Waals surface area (Å²) in [6, 6.07) is 0. The Kier molecular flexibility index (Phi) is 3.50. The topological polar surface area (TPSA) is 55.8 Å². The molecule has 1 rings (SSSR count). The van der Waals surface area contributed by atoms with Gasteiger partial charge in [0.25, 0.3) is 0 Å². The van der Waals surface area contributed by atoms with Crippen molar-refractivity contribution >= 4 is 5.97 Å². The number of carbonyl (C=O) groups is 1. The van der Waals surface area contributed by atoms with Crippen molar-refractivity contribution in [3.63, 3.8) is 0 Å². The largest absolute Gasteiger partial charge is 0.469 e. The highest BCUT2D eigenvalue weighted by molar-refractivity contribution is 5.73. The molecular weight excluding hydrogens is 184 g/mol. The van der Waals surface area contributed by atoms with Gasteiger partial charge in [-0.15, -0.1) is 0 Å². The minimum absolute atomic E-state index is 0.0945. The van der Waals surface area contributed by atoms with E-state index in [0.29, 0.717) is 19.4 Å². The van der Waals surface area contributed by atoms with E-state index in [2.05, 4.69) is 4.74 Å². The Hall–Kier alpha value is -0.610. The smallest absolute Gasteiger partial charge is 0.311 e. The summed E-state index contributed by atoms with van der Waals surface area (Å²) in [4.78, 5) is 11.2. The van der Waals surface area contributed by atoms with Crippen LogP contribution in [0.2, 0.25) is 0 Å². The maximum atomic E-state index is 11.2. The van der Waals surface area contributed by atoms with Crippen molar-refractivity contribution in [2.45, 2.75) is 38.4 Å². The van der Waals surface area contributed by atoms with E-state index in [-0.39, 0.29) is 12.1 Å². The van der Waals surface area contributed by atoms with Crippen molar-refractivity contribution in [1.29, 1.82) is 0 Å². The van der Waals surface area contributed by atoms with Crippen molar-refractivity contribution in [3.05, 3.63) is 0 Å². The Morgan fingerprint density at radius 1 is 1.64 bits per heavy atom. The van der Waals surface area contributed by atoms with Crippen molar-refractivity contribution < 1.29 is 19.4 Å². The zero-order chi connectivity index (χ0) is 10.8. The fraction of sp³-hybridized carbons (Fsp3) is 0.900. The van der Waals surface area contributed by atoms with Gasteiger partial charge in [0, 0.05) is 19.4 Å². The van der Waals surface area contributed by atoms with Crippen LogP contribution in [0.1, 0.15) is 26.7 Å². The fourth-order valence-electron chi connectivity index (χ4n) is 1.83. The SMILES string of the molecule is CCOC1CC(O)(C(C)C(=O)OC)C1. The van der Waals surface area contributed by atoms with Gasteiger partial charge in [0.1, 0.15) is 0 Å². The second kappa shape index (κ2) is 4.28. The predicted molar refractivity (Wildman–Crippen MR) is 50.8 cm³/mol. The lowest BCUT2D eigenvalue weighted by molar-refractivity contribution is -0.184. The Balaban J connectivity index is 2.43. The van der Waals surface area contributed by atoms with Gasteiger partial charge in [0.2, 0.25) is 0 Å². The van der Waals surface area contributed by atoms with Gasteiger partial charge in [-0.3, -0.25) is 4.79 Å². The van der Waals surface area contributed by atoms with E-state index in [1.165, 1.54) is 7.11 Å². The molecule has 0 bridgehead atoms. The van der Waals surface area contributed by atoms with Crippen LogP contribution in [-0.2, 0) is 14.3 Å². The molecule has 0 spiro atoms. The minimum Gasteiger partial charge on any atom is -0.469 e. The first-order chi connectivity index (χ1) is 6.53. The third-order valence-corrected chi connectivity index (χ3v) is 2.93. The lowest BCUT2D eigenvalue weighted by Crippen LogP contribution is -2.55. The van der Waals surface area contributed by atoms with E-state index < -0.39 is 11.5 Å². The molecule has 82 valence electrons. The van der Waals surface area contributed by atoms with Gasteiger partial charge in [-0.25, -0.2) is 0 Å². The van der Waals surface area contributed by atoms with Crippen LogP contribution >= 0.6 is 0 Å². The highest BCUT2D eigenvalue weighted by atomic mass is 16.5. The summed E-state index contributed by atoms with van der Waals surface area (Å²) in [5.41, 5.74) is -0.924. The minimum atomic E-state index is -0.924. The normalized spacial score (nSPS) is 33.3. The molecular formula is C10H18O4. The van der Waals surface area contributed by atoms with E-state index >= 15 is 0 Å². The van der Waals surface area contributed by atoms with Crippen molar-refractivity contribution in [1.82, 2.24) is 0 Å². The molecule has 4 nitrogen and oxygen atoms in total. The summed E-state index contributed by atoms with van der Waals surface area (Å²) in [6.45, 7) is 4.25. The molecule has 14 heavy (non-hydrogen) atoms. The van der Waals surface area contributed by atoms with Gasteiger partial charge >= 0.3 is 5.97 Å². The lowest BCUT2D eigenvalue weighted by Gasteiger charge is -2.45. The first kappa shape index (κ1) is 11.5. The zero-order valence-corrected chi connectivity index (χ0v) is 8.95. The molecule has 0 aromatic rings. The van der Waals surface area contributed by atoms with Crippen molar-refractivity contribution in [2.75, 3.05) is 13.7 Å². The van der Waals surface area contributed by atoms with Crippen LogP contribution in [0.5, 0.6) is 0 Å².